The van der Waals surface area contributed by atoms with Crippen molar-refractivity contribution >= 4 is 37.8 Å². The van der Waals surface area contributed by atoms with Gasteiger partial charge in [0.15, 0.2) is 5.82 Å². The van der Waals surface area contributed by atoms with E-state index in [1.807, 2.05) is 54.6 Å². The van der Waals surface area contributed by atoms with Gasteiger partial charge >= 0.3 is 0 Å². The van der Waals surface area contributed by atoms with Gasteiger partial charge in [-0.15, -0.1) is 0 Å². The molecule has 0 bridgehead atoms. The van der Waals surface area contributed by atoms with Crippen molar-refractivity contribution in [3.63, 3.8) is 0 Å². The predicted octanol–water partition coefficient (Wildman–Crippen LogP) is 4.84. The fourth-order valence-electron chi connectivity index (χ4n) is 4.75. The summed E-state index contributed by atoms with van der Waals surface area (Å²) in [7, 11) is -3.91. The second kappa shape index (κ2) is 8.90. The molecule has 0 saturated carbocycles. The average Bonchev–Trinajstić information content (AvgIpc) is 3.23. The number of halogens is 1. The normalized spacial score (nSPS) is 18.3. The highest BCUT2D eigenvalue weighted by molar-refractivity contribution is 7.90. The Morgan fingerprint density at radius 2 is 1.77 bits per heavy atom. The number of fused-ring (bicyclic) bond motifs is 3. The van der Waals surface area contributed by atoms with E-state index in [1.165, 1.54) is 18.2 Å². The lowest BCUT2D eigenvalue weighted by Gasteiger charge is -2.29. The molecule has 0 amide bonds. The molecule has 0 fully saturated rings. The van der Waals surface area contributed by atoms with Gasteiger partial charge < -0.3 is 10.3 Å². The number of primary sulfonamides is 1. The van der Waals surface area contributed by atoms with Crippen molar-refractivity contribution in [2.45, 2.75) is 37.0 Å². The highest BCUT2D eigenvalue weighted by atomic mass is 32.2. The zero-order chi connectivity index (χ0) is 24.6. The third-order valence-electron chi connectivity index (χ3n) is 6.63. The smallest absolute Gasteiger partial charge is 0.218 e. The summed E-state index contributed by atoms with van der Waals surface area (Å²) < 4.78 is 39.1. The summed E-state index contributed by atoms with van der Waals surface area (Å²) >= 11 is 0. The van der Waals surface area contributed by atoms with Crippen LogP contribution in [0, 0.1) is 0 Å². The Labute approximate surface area is 203 Å². The number of imidazole rings is 1. The number of aromatic nitrogens is 3. The molecule has 5 rings (SSSR count). The van der Waals surface area contributed by atoms with Gasteiger partial charge in [-0.25, -0.2) is 27.9 Å². The molecule has 0 spiro atoms. The van der Waals surface area contributed by atoms with E-state index in [1.54, 1.807) is 0 Å². The number of para-hydroxylation sites is 1. The van der Waals surface area contributed by atoms with Crippen molar-refractivity contribution in [2.24, 2.45) is 5.14 Å². The second-order valence-electron chi connectivity index (χ2n) is 8.86. The molecule has 0 saturated heterocycles. The topological polar surface area (TPSA) is 117 Å². The van der Waals surface area contributed by atoms with Gasteiger partial charge in [-0.3, -0.25) is 0 Å². The number of allylic oxidation sites excluding steroid dienone is 3. The Bertz CT molecular complexity index is 1580. The number of nitrogen functional groups attached to an aromatic ring is 1. The zero-order valence-electron chi connectivity index (χ0n) is 19.1. The Kier molecular flexibility index (Phi) is 5.90. The predicted molar refractivity (Wildman–Crippen MR) is 138 cm³/mol. The summed E-state index contributed by atoms with van der Waals surface area (Å²) in [5.74, 6) is 0.692. The molecular formula is C26H26FN5O2S. The quantitative estimate of drug-likeness (QED) is 0.359. The van der Waals surface area contributed by atoms with Crippen LogP contribution in [0.1, 0.15) is 25.7 Å². The standard InChI is InChI=1S/C26H26FN5O2S/c27-19-12-15-26(16-13-19,35(29,33)34)14-6-7-17-32-23-20-10-4-5-11-21(20)30-24(28)22(23)31-25(32)18-8-2-1-3-9-18/h1-5,8-13,15H,6-7,14,16-17H2,(H2,28,30)(H2,29,33,34). The molecule has 4 aromatic rings. The fourth-order valence-corrected chi connectivity index (χ4v) is 5.76. The first kappa shape index (κ1) is 23.2. The van der Waals surface area contributed by atoms with Gasteiger partial charge in [-0.05, 0) is 43.9 Å². The molecule has 1 aliphatic carbocycles. The van der Waals surface area contributed by atoms with E-state index in [0.717, 1.165) is 27.8 Å². The number of benzene rings is 2. The molecule has 0 aliphatic heterocycles. The summed E-state index contributed by atoms with van der Waals surface area (Å²) in [5, 5.41) is 6.50. The zero-order valence-corrected chi connectivity index (χ0v) is 19.9. The highest BCUT2D eigenvalue weighted by Crippen LogP contribution is 2.35. The first-order valence-corrected chi connectivity index (χ1v) is 13.0. The molecule has 2 aromatic heterocycles. The molecule has 1 atom stereocenters. The van der Waals surface area contributed by atoms with Crippen molar-refractivity contribution in [2.75, 3.05) is 5.73 Å². The number of nitrogens with two attached hydrogens (primary N) is 2. The van der Waals surface area contributed by atoms with Crippen molar-refractivity contribution in [3.05, 3.63) is 78.7 Å². The van der Waals surface area contributed by atoms with E-state index >= 15 is 0 Å². The van der Waals surface area contributed by atoms with Crippen LogP contribution in [0.3, 0.4) is 0 Å². The molecule has 35 heavy (non-hydrogen) atoms. The molecule has 1 unspecified atom stereocenters. The number of rotatable bonds is 7. The summed E-state index contributed by atoms with van der Waals surface area (Å²) in [5.41, 5.74) is 9.57. The largest absolute Gasteiger partial charge is 0.382 e. The molecular weight excluding hydrogens is 465 g/mol. The van der Waals surface area contributed by atoms with Crippen LogP contribution in [0.25, 0.3) is 33.3 Å². The Morgan fingerprint density at radius 3 is 2.49 bits per heavy atom. The number of anilines is 1. The molecule has 2 heterocycles. The van der Waals surface area contributed by atoms with Gasteiger partial charge in [-0.1, -0.05) is 54.6 Å². The molecule has 0 radical (unpaired) electrons. The molecule has 7 nitrogen and oxygen atoms in total. The van der Waals surface area contributed by atoms with Crippen LogP contribution in [-0.4, -0.2) is 27.7 Å². The Balaban J connectivity index is 1.51. The van der Waals surface area contributed by atoms with Gasteiger partial charge in [0.05, 0.1) is 11.0 Å². The van der Waals surface area contributed by atoms with E-state index in [2.05, 4.69) is 9.55 Å². The van der Waals surface area contributed by atoms with Crippen molar-refractivity contribution in [1.82, 2.24) is 14.5 Å². The van der Waals surface area contributed by atoms with Gasteiger partial charge in [0.1, 0.15) is 21.9 Å². The first-order chi connectivity index (χ1) is 16.8. The Morgan fingerprint density at radius 1 is 1.03 bits per heavy atom. The molecule has 4 N–H and O–H groups in total. The summed E-state index contributed by atoms with van der Waals surface area (Å²) in [6.07, 6.45) is 5.42. The van der Waals surface area contributed by atoms with Crippen LogP contribution in [0.2, 0.25) is 0 Å². The monoisotopic (exact) mass is 491 g/mol. The number of nitrogens with zero attached hydrogens (tertiary/aromatic N) is 3. The SMILES string of the molecule is Nc1nc2ccccc2c2c1nc(-c1ccccc1)n2CCCCC1(S(N)(=O)=O)C=CC(F)=CC1. The first-order valence-electron chi connectivity index (χ1n) is 11.5. The van der Waals surface area contributed by atoms with Gasteiger partial charge in [-0.2, -0.15) is 0 Å². The van der Waals surface area contributed by atoms with Crippen molar-refractivity contribution in [3.8, 4) is 11.4 Å². The lowest BCUT2D eigenvalue weighted by molar-refractivity contribution is 0.496. The number of hydrogen-bond acceptors (Lipinski definition) is 5. The number of aryl methyl sites for hydroxylation is 1. The maximum absolute atomic E-state index is 13.5. The molecule has 2 aromatic carbocycles. The van der Waals surface area contributed by atoms with Crippen LogP contribution in [0.4, 0.5) is 10.2 Å². The Hall–Kier alpha value is -3.56. The van der Waals surface area contributed by atoms with Crippen LogP contribution in [-0.2, 0) is 16.6 Å². The fraction of sp³-hybridized carbons (Fsp3) is 0.231. The van der Waals surface area contributed by atoms with Crippen LogP contribution < -0.4 is 10.9 Å². The van der Waals surface area contributed by atoms with E-state index in [4.69, 9.17) is 15.9 Å². The van der Waals surface area contributed by atoms with E-state index in [-0.39, 0.29) is 6.42 Å². The van der Waals surface area contributed by atoms with E-state index in [9.17, 15) is 12.8 Å². The van der Waals surface area contributed by atoms with Crippen LogP contribution in [0.5, 0.6) is 0 Å². The lowest BCUT2D eigenvalue weighted by Crippen LogP contribution is -2.42. The summed E-state index contributed by atoms with van der Waals surface area (Å²) in [6, 6.07) is 17.6. The van der Waals surface area contributed by atoms with Crippen molar-refractivity contribution < 1.29 is 12.8 Å². The number of hydrogen-bond donors (Lipinski definition) is 2. The highest BCUT2D eigenvalue weighted by Gasteiger charge is 2.39. The van der Waals surface area contributed by atoms with Crippen LogP contribution in [0.15, 0.2) is 78.7 Å². The lowest BCUT2D eigenvalue weighted by atomic mass is 9.93. The maximum Gasteiger partial charge on any atom is 0.218 e. The van der Waals surface area contributed by atoms with Crippen molar-refractivity contribution in [1.29, 1.82) is 0 Å². The van der Waals surface area contributed by atoms with Gasteiger partial charge in [0.2, 0.25) is 10.0 Å². The minimum absolute atomic E-state index is 0.0320. The van der Waals surface area contributed by atoms with Crippen LogP contribution >= 0.6 is 0 Å². The molecule has 180 valence electrons. The summed E-state index contributed by atoms with van der Waals surface area (Å²) in [6.45, 7) is 0.586. The number of sulfonamides is 1. The van der Waals surface area contributed by atoms with E-state index in [0.29, 0.717) is 37.1 Å². The third-order valence-corrected chi connectivity index (χ3v) is 8.27. The third kappa shape index (κ3) is 4.21. The minimum atomic E-state index is -3.91. The van der Waals surface area contributed by atoms with E-state index < -0.39 is 20.6 Å². The maximum atomic E-state index is 13.5. The molecule has 1 aliphatic rings. The number of unbranched alkanes of at least 4 members (excludes halogenated alkanes) is 1. The molecule has 9 heteroatoms. The van der Waals surface area contributed by atoms with Gasteiger partial charge in [0.25, 0.3) is 0 Å². The van der Waals surface area contributed by atoms with Gasteiger partial charge in [0, 0.05) is 17.5 Å². The summed E-state index contributed by atoms with van der Waals surface area (Å²) in [4.78, 5) is 9.39. The second-order valence-corrected chi connectivity index (χ2v) is 10.8. The average molecular weight is 492 g/mol. The number of pyridine rings is 1. The minimum Gasteiger partial charge on any atom is -0.382 e.